The molecule has 0 aliphatic heterocycles. The molecule has 0 saturated heterocycles. The number of halogens is 1. The number of hydrogen-bond donors (Lipinski definition) is 0. The molecule has 104 valence electrons. The zero-order valence-corrected chi connectivity index (χ0v) is 13.4. The van der Waals surface area contributed by atoms with E-state index in [1.165, 1.54) is 11.1 Å². The first-order valence-corrected chi connectivity index (χ1v) is 7.37. The van der Waals surface area contributed by atoms with Crippen molar-refractivity contribution in [3.8, 4) is 0 Å². The summed E-state index contributed by atoms with van der Waals surface area (Å²) in [6.07, 6.45) is 0. The fourth-order valence-electron chi connectivity index (χ4n) is 2.03. The third-order valence-electron chi connectivity index (χ3n) is 3.15. The monoisotopic (exact) mass is 331 g/mol. The third-order valence-corrected chi connectivity index (χ3v) is 3.68. The molecule has 0 fully saturated rings. The second-order valence-electron chi connectivity index (χ2n) is 5.09. The highest BCUT2D eigenvalue weighted by Gasteiger charge is 2.09. The van der Waals surface area contributed by atoms with Crippen molar-refractivity contribution in [3.05, 3.63) is 69.7 Å². The molecule has 0 aromatic heterocycles. The van der Waals surface area contributed by atoms with Crippen molar-refractivity contribution >= 4 is 21.7 Å². The van der Waals surface area contributed by atoms with Crippen molar-refractivity contribution in [1.29, 1.82) is 0 Å². The molecule has 0 bridgehead atoms. The van der Waals surface area contributed by atoms with Gasteiger partial charge >= 0.3 is 0 Å². The first-order valence-electron chi connectivity index (χ1n) is 6.57. The van der Waals surface area contributed by atoms with Crippen LogP contribution in [0.1, 0.15) is 21.5 Å². The molecular formula is C17H18BrNO. The molecule has 0 saturated carbocycles. The molecular weight excluding hydrogens is 314 g/mol. The number of nitrogens with zero attached hydrogens (tertiary/aromatic N) is 1. The van der Waals surface area contributed by atoms with Crippen LogP contribution in [0, 0.1) is 6.92 Å². The molecule has 2 nitrogen and oxygen atoms in total. The minimum Gasteiger partial charge on any atom is -0.295 e. The summed E-state index contributed by atoms with van der Waals surface area (Å²) in [5.74, 6) is 0.157. The lowest BCUT2D eigenvalue weighted by atomic mass is 10.1. The normalized spacial score (nSPS) is 10.8. The van der Waals surface area contributed by atoms with Crippen molar-refractivity contribution < 1.29 is 4.79 Å². The molecule has 0 N–H and O–H groups in total. The predicted molar refractivity (Wildman–Crippen MR) is 86.0 cm³/mol. The maximum Gasteiger partial charge on any atom is 0.176 e. The lowest BCUT2D eigenvalue weighted by molar-refractivity contribution is 0.0943. The van der Waals surface area contributed by atoms with Gasteiger partial charge in [-0.1, -0.05) is 57.9 Å². The van der Waals surface area contributed by atoms with E-state index in [0.717, 1.165) is 16.6 Å². The Morgan fingerprint density at radius 3 is 2.25 bits per heavy atom. The minimum atomic E-state index is 0.157. The fraction of sp³-hybridized carbons (Fsp3) is 0.235. The van der Waals surface area contributed by atoms with Crippen LogP contribution in [0.25, 0.3) is 0 Å². The van der Waals surface area contributed by atoms with Crippen LogP contribution in [0.3, 0.4) is 0 Å². The number of hydrogen-bond acceptors (Lipinski definition) is 2. The van der Waals surface area contributed by atoms with Gasteiger partial charge in [-0.05, 0) is 31.7 Å². The summed E-state index contributed by atoms with van der Waals surface area (Å²) in [6.45, 7) is 3.22. The summed E-state index contributed by atoms with van der Waals surface area (Å²) in [6, 6.07) is 15.9. The molecule has 0 heterocycles. The van der Waals surface area contributed by atoms with Crippen LogP contribution in [0.4, 0.5) is 0 Å². The smallest absolute Gasteiger partial charge is 0.176 e. The molecule has 0 radical (unpaired) electrons. The molecule has 0 spiro atoms. The molecule has 0 atom stereocenters. The largest absolute Gasteiger partial charge is 0.295 e. The SMILES string of the molecule is Cc1ccc(C(=O)CN(C)Cc2ccc(Br)cc2)cc1. The Bertz CT molecular complexity index is 575. The Labute approximate surface area is 128 Å². The van der Waals surface area contributed by atoms with Gasteiger partial charge in [-0.25, -0.2) is 0 Å². The third kappa shape index (κ3) is 4.29. The summed E-state index contributed by atoms with van der Waals surface area (Å²) in [7, 11) is 1.97. The first kappa shape index (κ1) is 14.9. The number of aryl methyl sites for hydroxylation is 1. The zero-order chi connectivity index (χ0) is 14.5. The van der Waals surface area contributed by atoms with E-state index in [9.17, 15) is 4.79 Å². The molecule has 0 aliphatic rings. The van der Waals surface area contributed by atoms with Crippen LogP contribution < -0.4 is 0 Å². The van der Waals surface area contributed by atoms with Gasteiger partial charge in [-0.2, -0.15) is 0 Å². The summed E-state index contributed by atoms with van der Waals surface area (Å²) >= 11 is 3.42. The number of carbonyl (C=O) groups excluding carboxylic acids is 1. The van der Waals surface area contributed by atoms with E-state index < -0.39 is 0 Å². The lowest BCUT2D eigenvalue weighted by Gasteiger charge is -2.16. The Hall–Kier alpha value is -1.45. The van der Waals surface area contributed by atoms with Crippen LogP contribution in [0.2, 0.25) is 0 Å². The highest BCUT2D eigenvalue weighted by Crippen LogP contribution is 2.12. The molecule has 2 rings (SSSR count). The maximum absolute atomic E-state index is 12.2. The van der Waals surface area contributed by atoms with Gasteiger partial charge in [0.25, 0.3) is 0 Å². The molecule has 0 aliphatic carbocycles. The molecule has 20 heavy (non-hydrogen) atoms. The molecule has 0 amide bonds. The van der Waals surface area contributed by atoms with Crippen molar-refractivity contribution in [2.24, 2.45) is 0 Å². The van der Waals surface area contributed by atoms with Crippen LogP contribution >= 0.6 is 15.9 Å². The Morgan fingerprint density at radius 1 is 1.05 bits per heavy atom. The van der Waals surface area contributed by atoms with Crippen molar-refractivity contribution in [1.82, 2.24) is 4.90 Å². The average molecular weight is 332 g/mol. The van der Waals surface area contributed by atoms with Crippen molar-refractivity contribution in [2.75, 3.05) is 13.6 Å². The van der Waals surface area contributed by atoms with Gasteiger partial charge in [0, 0.05) is 16.6 Å². The fourth-order valence-corrected chi connectivity index (χ4v) is 2.30. The number of likely N-dealkylation sites (N-methyl/N-ethyl adjacent to an activating group) is 1. The van der Waals surface area contributed by atoms with Gasteiger partial charge < -0.3 is 0 Å². The van der Waals surface area contributed by atoms with Crippen LogP contribution in [-0.4, -0.2) is 24.3 Å². The summed E-state index contributed by atoms with van der Waals surface area (Å²) in [5.41, 5.74) is 3.15. The second kappa shape index (κ2) is 6.82. The number of rotatable bonds is 5. The Balaban J connectivity index is 1.93. The zero-order valence-electron chi connectivity index (χ0n) is 11.8. The Kier molecular flexibility index (Phi) is 5.10. The van der Waals surface area contributed by atoms with Crippen LogP contribution in [-0.2, 0) is 6.54 Å². The van der Waals surface area contributed by atoms with Gasteiger partial charge in [-0.15, -0.1) is 0 Å². The minimum absolute atomic E-state index is 0.157. The average Bonchev–Trinajstić information content (AvgIpc) is 2.42. The van der Waals surface area contributed by atoms with Gasteiger partial charge in [0.1, 0.15) is 0 Å². The maximum atomic E-state index is 12.2. The van der Waals surface area contributed by atoms with Gasteiger partial charge in [0.05, 0.1) is 6.54 Å². The molecule has 2 aromatic rings. The first-order chi connectivity index (χ1) is 9.54. The number of benzene rings is 2. The van der Waals surface area contributed by atoms with E-state index in [1.807, 2.05) is 55.3 Å². The topological polar surface area (TPSA) is 20.3 Å². The van der Waals surface area contributed by atoms with Crippen LogP contribution in [0.5, 0.6) is 0 Å². The van der Waals surface area contributed by atoms with Gasteiger partial charge in [0.15, 0.2) is 5.78 Å². The molecule has 0 unspecified atom stereocenters. The quantitative estimate of drug-likeness (QED) is 0.769. The van der Waals surface area contributed by atoms with Gasteiger partial charge in [-0.3, -0.25) is 9.69 Å². The standard InChI is InChI=1S/C17H18BrNO/c1-13-3-7-15(8-4-13)17(20)12-19(2)11-14-5-9-16(18)10-6-14/h3-10H,11-12H2,1-2H3. The second-order valence-corrected chi connectivity index (χ2v) is 6.00. The number of Topliss-reactive ketones (excluding diaryl/α,β-unsaturated/α-hetero) is 1. The predicted octanol–water partition coefficient (Wildman–Crippen LogP) is 4.07. The van der Waals surface area contributed by atoms with Gasteiger partial charge in [0.2, 0.25) is 0 Å². The number of carbonyl (C=O) groups is 1. The summed E-state index contributed by atoms with van der Waals surface area (Å²) in [4.78, 5) is 14.2. The van der Waals surface area contributed by atoms with Crippen LogP contribution in [0.15, 0.2) is 53.0 Å². The summed E-state index contributed by atoms with van der Waals surface area (Å²) in [5, 5.41) is 0. The number of ketones is 1. The molecule has 3 heteroatoms. The Morgan fingerprint density at radius 2 is 1.65 bits per heavy atom. The van der Waals surface area contributed by atoms with Crippen molar-refractivity contribution in [2.45, 2.75) is 13.5 Å². The van der Waals surface area contributed by atoms with E-state index in [4.69, 9.17) is 0 Å². The van der Waals surface area contributed by atoms with E-state index in [-0.39, 0.29) is 5.78 Å². The van der Waals surface area contributed by atoms with E-state index in [2.05, 4.69) is 28.1 Å². The van der Waals surface area contributed by atoms with E-state index in [1.54, 1.807) is 0 Å². The van der Waals surface area contributed by atoms with E-state index in [0.29, 0.717) is 6.54 Å². The lowest BCUT2D eigenvalue weighted by Crippen LogP contribution is -2.25. The van der Waals surface area contributed by atoms with E-state index >= 15 is 0 Å². The highest BCUT2D eigenvalue weighted by molar-refractivity contribution is 9.10. The van der Waals surface area contributed by atoms with Crippen molar-refractivity contribution in [3.63, 3.8) is 0 Å². The summed E-state index contributed by atoms with van der Waals surface area (Å²) < 4.78 is 1.07. The highest BCUT2D eigenvalue weighted by atomic mass is 79.9. The molecule has 2 aromatic carbocycles.